The topological polar surface area (TPSA) is 54.5 Å². The fraction of sp³-hybridized carbons (Fsp3) is 0.407. The normalized spacial score (nSPS) is 15.1. The number of amides is 1. The molecular formula is C27H33N3O2. The molecular weight excluding hydrogens is 398 g/mol. The molecule has 168 valence electrons. The molecule has 5 heteroatoms. The third kappa shape index (κ3) is 6.07. The summed E-state index contributed by atoms with van der Waals surface area (Å²) in [6, 6.07) is 18.8. The van der Waals surface area contributed by atoms with Gasteiger partial charge in [-0.25, -0.2) is 0 Å². The third-order valence-corrected chi connectivity index (χ3v) is 6.26. The number of ether oxygens (including phenoxy) is 1. The SMILES string of the molecule is CC(=O)NCc1cccc(CC2CCN(CCOc3cccc4nc(C)ccc34)CC2)c1. The Balaban J connectivity index is 1.22. The number of aromatic nitrogens is 1. The van der Waals surface area contributed by atoms with E-state index in [1.807, 2.05) is 31.2 Å². The number of carbonyl (C=O) groups excluding carboxylic acids is 1. The number of rotatable bonds is 8. The molecule has 0 spiro atoms. The van der Waals surface area contributed by atoms with Crippen LogP contribution in [0.4, 0.5) is 0 Å². The first-order chi connectivity index (χ1) is 15.6. The van der Waals surface area contributed by atoms with Gasteiger partial charge in [0.15, 0.2) is 0 Å². The predicted octanol–water partition coefficient (Wildman–Crippen LogP) is 4.51. The summed E-state index contributed by atoms with van der Waals surface area (Å²) in [7, 11) is 0. The lowest BCUT2D eigenvalue weighted by atomic mass is 9.89. The van der Waals surface area contributed by atoms with Crippen LogP contribution in [-0.4, -0.2) is 42.0 Å². The Labute approximate surface area is 190 Å². The van der Waals surface area contributed by atoms with Gasteiger partial charge in [0.05, 0.1) is 5.52 Å². The maximum atomic E-state index is 11.1. The predicted molar refractivity (Wildman–Crippen MR) is 129 cm³/mol. The van der Waals surface area contributed by atoms with Crippen molar-refractivity contribution in [1.82, 2.24) is 15.2 Å². The van der Waals surface area contributed by atoms with E-state index in [1.165, 1.54) is 24.0 Å². The Morgan fingerprint density at radius 1 is 1.09 bits per heavy atom. The molecule has 2 heterocycles. The molecule has 5 nitrogen and oxygen atoms in total. The Bertz CT molecular complexity index is 1060. The summed E-state index contributed by atoms with van der Waals surface area (Å²) < 4.78 is 6.13. The molecule has 32 heavy (non-hydrogen) atoms. The molecule has 3 aromatic rings. The Hall–Kier alpha value is -2.92. The summed E-state index contributed by atoms with van der Waals surface area (Å²) in [6.45, 7) is 8.07. The number of nitrogens with one attached hydrogen (secondary N) is 1. The van der Waals surface area contributed by atoms with E-state index in [0.29, 0.717) is 13.2 Å². The second-order valence-corrected chi connectivity index (χ2v) is 8.84. The van der Waals surface area contributed by atoms with Crippen LogP contribution >= 0.6 is 0 Å². The molecule has 4 rings (SSSR count). The van der Waals surface area contributed by atoms with Crippen molar-refractivity contribution >= 4 is 16.8 Å². The second-order valence-electron chi connectivity index (χ2n) is 8.84. The highest BCUT2D eigenvalue weighted by molar-refractivity contribution is 5.85. The standard InChI is InChI=1S/C27H33N3O2/c1-20-9-10-25-26(29-20)7-4-8-27(25)32-16-15-30-13-11-22(12-14-30)17-23-5-3-6-24(18-23)19-28-21(2)31/h3-10,18,22H,11-17,19H2,1-2H3,(H,28,31). The molecule has 1 aliphatic rings. The molecule has 0 saturated carbocycles. The molecule has 0 bridgehead atoms. The minimum Gasteiger partial charge on any atom is -0.492 e. The van der Waals surface area contributed by atoms with Crippen LogP contribution in [0.1, 0.15) is 36.6 Å². The van der Waals surface area contributed by atoms with Crippen molar-refractivity contribution in [2.75, 3.05) is 26.2 Å². The van der Waals surface area contributed by atoms with Gasteiger partial charge in [-0.2, -0.15) is 0 Å². The van der Waals surface area contributed by atoms with E-state index >= 15 is 0 Å². The number of aryl methyl sites for hydroxylation is 1. The van der Waals surface area contributed by atoms with Crippen molar-refractivity contribution in [2.24, 2.45) is 5.92 Å². The summed E-state index contributed by atoms with van der Waals surface area (Å²) in [5, 5.41) is 3.96. The van der Waals surface area contributed by atoms with Crippen molar-refractivity contribution < 1.29 is 9.53 Å². The Kier molecular flexibility index (Phi) is 7.38. The minimum absolute atomic E-state index is 0.0129. The van der Waals surface area contributed by atoms with E-state index < -0.39 is 0 Å². The molecule has 1 saturated heterocycles. The summed E-state index contributed by atoms with van der Waals surface area (Å²) in [6.07, 6.45) is 3.54. The molecule has 1 aromatic heterocycles. The lowest BCUT2D eigenvalue weighted by Gasteiger charge is -2.32. The highest BCUT2D eigenvalue weighted by atomic mass is 16.5. The number of likely N-dealkylation sites (tertiary alicyclic amines) is 1. The monoisotopic (exact) mass is 431 g/mol. The fourth-order valence-electron chi connectivity index (χ4n) is 4.48. The van der Waals surface area contributed by atoms with Crippen molar-refractivity contribution in [2.45, 2.75) is 39.7 Å². The van der Waals surface area contributed by atoms with Gasteiger partial charge >= 0.3 is 0 Å². The van der Waals surface area contributed by atoms with E-state index in [9.17, 15) is 4.79 Å². The quantitative estimate of drug-likeness (QED) is 0.570. The average molecular weight is 432 g/mol. The average Bonchev–Trinajstić information content (AvgIpc) is 2.79. The first-order valence-corrected chi connectivity index (χ1v) is 11.6. The van der Waals surface area contributed by atoms with Crippen LogP contribution < -0.4 is 10.1 Å². The summed E-state index contributed by atoms with van der Waals surface area (Å²) >= 11 is 0. The van der Waals surface area contributed by atoms with Gasteiger partial charge in [-0.15, -0.1) is 0 Å². The van der Waals surface area contributed by atoms with E-state index in [0.717, 1.165) is 54.3 Å². The van der Waals surface area contributed by atoms with E-state index in [4.69, 9.17) is 4.74 Å². The molecule has 2 aromatic carbocycles. The van der Waals surface area contributed by atoms with Gasteiger partial charge < -0.3 is 10.1 Å². The van der Waals surface area contributed by atoms with Gasteiger partial charge in [0.2, 0.25) is 5.91 Å². The van der Waals surface area contributed by atoms with Gasteiger partial charge in [0.1, 0.15) is 12.4 Å². The zero-order chi connectivity index (χ0) is 22.3. The first kappa shape index (κ1) is 22.3. The Morgan fingerprint density at radius 2 is 1.88 bits per heavy atom. The third-order valence-electron chi connectivity index (χ3n) is 6.26. The number of fused-ring (bicyclic) bond motifs is 1. The lowest BCUT2D eigenvalue weighted by Crippen LogP contribution is -2.37. The van der Waals surface area contributed by atoms with Crippen molar-refractivity contribution in [1.29, 1.82) is 0 Å². The number of piperidine rings is 1. The zero-order valence-electron chi connectivity index (χ0n) is 19.1. The number of pyridine rings is 1. The Morgan fingerprint density at radius 3 is 2.69 bits per heavy atom. The van der Waals surface area contributed by atoms with Crippen LogP contribution in [-0.2, 0) is 17.8 Å². The van der Waals surface area contributed by atoms with Crippen LogP contribution in [0.5, 0.6) is 5.75 Å². The summed E-state index contributed by atoms with van der Waals surface area (Å²) in [5.74, 6) is 1.65. The molecule has 1 fully saturated rings. The molecule has 0 atom stereocenters. The number of hydrogen-bond donors (Lipinski definition) is 1. The van der Waals surface area contributed by atoms with E-state index in [1.54, 1.807) is 6.92 Å². The summed E-state index contributed by atoms with van der Waals surface area (Å²) in [4.78, 5) is 18.3. The van der Waals surface area contributed by atoms with Crippen LogP contribution in [0, 0.1) is 12.8 Å². The second kappa shape index (κ2) is 10.6. The number of hydrogen-bond acceptors (Lipinski definition) is 4. The molecule has 0 unspecified atom stereocenters. The molecule has 1 N–H and O–H groups in total. The smallest absolute Gasteiger partial charge is 0.217 e. The molecule has 1 aliphatic heterocycles. The van der Waals surface area contributed by atoms with Gasteiger partial charge in [0.25, 0.3) is 0 Å². The highest BCUT2D eigenvalue weighted by Crippen LogP contribution is 2.25. The first-order valence-electron chi connectivity index (χ1n) is 11.6. The maximum Gasteiger partial charge on any atom is 0.217 e. The number of nitrogens with zero attached hydrogens (tertiary/aromatic N) is 2. The maximum absolute atomic E-state index is 11.1. The molecule has 0 radical (unpaired) electrons. The van der Waals surface area contributed by atoms with Gasteiger partial charge in [0, 0.05) is 31.1 Å². The van der Waals surface area contributed by atoms with Gasteiger partial charge in [-0.1, -0.05) is 30.3 Å². The lowest BCUT2D eigenvalue weighted by molar-refractivity contribution is -0.119. The summed E-state index contributed by atoms with van der Waals surface area (Å²) in [5.41, 5.74) is 4.56. The van der Waals surface area contributed by atoms with Crippen LogP contribution in [0.2, 0.25) is 0 Å². The fourth-order valence-corrected chi connectivity index (χ4v) is 4.48. The van der Waals surface area contributed by atoms with Gasteiger partial charge in [-0.3, -0.25) is 14.7 Å². The van der Waals surface area contributed by atoms with E-state index in [2.05, 4.69) is 45.5 Å². The van der Waals surface area contributed by atoms with E-state index in [-0.39, 0.29) is 5.91 Å². The van der Waals surface area contributed by atoms with Crippen LogP contribution in [0.3, 0.4) is 0 Å². The minimum atomic E-state index is 0.0129. The van der Waals surface area contributed by atoms with Crippen LogP contribution in [0.15, 0.2) is 54.6 Å². The number of carbonyl (C=O) groups is 1. The number of benzene rings is 2. The van der Waals surface area contributed by atoms with Crippen molar-refractivity contribution in [3.05, 3.63) is 71.4 Å². The van der Waals surface area contributed by atoms with Crippen molar-refractivity contribution in [3.8, 4) is 5.75 Å². The zero-order valence-corrected chi connectivity index (χ0v) is 19.1. The van der Waals surface area contributed by atoms with Gasteiger partial charge in [-0.05, 0) is 80.6 Å². The molecule has 0 aliphatic carbocycles. The van der Waals surface area contributed by atoms with Crippen molar-refractivity contribution in [3.63, 3.8) is 0 Å². The van der Waals surface area contributed by atoms with Crippen LogP contribution in [0.25, 0.3) is 10.9 Å². The molecule has 1 amide bonds. The largest absolute Gasteiger partial charge is 0.492 e. The highest BCUT2D eigenvalue weighted by Gasteiger charge is 2.19.